The van der Waals surface area contributed by atoms with Crippen LogP contribution in [-0.4, -0.2) is 58.0 Å². The predicted molar refractivity (Wildman–Crippen MR) is 91.6 cm³/mol. The van der Waals surface area contributed by atoms with Crippen molar-refractivity contribution < 1.29 is 19.4 Å². The summed E-state index contributed by atoms with van der Waals surface area (Å²) in [6.45, 7) is 4.83. The van der Waals surface area contributed by atoms with Crippen LogP contribution in [0.1, 0.15) is 60.6 Å². The van der Waals surface area contributed by atoms with Crippen molar-refractivity contribution in [3.05, 3.63) is 17.5 Å². The van der Waals surface area contributed by atoms with E-state index in [4.69, 9.17) is 9.84 Å². The number of likely N-dealkylation sites (tertiary alicyclic amines) is 1. The second kappa shape index (κ2) is 7.99. The lowest BCUT2D eigenvalue weighted by atomic mass is 9.93. The maximum Gasteiger partial charge on any atom is 0.303 e. The molecule has 2 aliphatic heterocycles. The van der Waals surface area contributed by atoms with Gasteiger partial charge < -0.3 is 14.7 Å². The number of aliphatic carboxylic acids is 1. The minimum absolute atomic E-state index is 0.0239. The summed E-state index contributed by atoms with van der Waals surface area (Å²) in [6.07, 6.45) is 6.29. The number of nitrogens with zero attached hydrogens (tertiary/aromatic N) is 3. The van der Waals surface area contributed by atoms with Gasteiger partial charge in [-0.2, -0.15) is 5.10 Å². The number of carboxylic acid groups (broad SMARTS) is 1. The first-order valence-corrected chi connectivity index (χ1v) is 9.19. The molecule has 7 heteroatoms. The zero-order valence-corrected chi connectivity index (χ0v) is 14.8. The molecule has 0 aliphatic carbocycles. The summed E-state index contributed by atoms with van der Waals surface area (Å²) < 4.78 is 7.38. The van der Waals surface area contributed by atoms with Crippen molar-refractivity contribution in [3.63, 3.8) is 0 Å². The Morgan fingerprint density at radius 2 is 2.08 bits per heavy atom. The molecule has 138 valence electrons. The van der Waals surface area contributed by atoms with Crippen LogP contribution in [0.5, 0.6) is 0 Å². The van der Waals surface area contributed by atoms with Crippen molar-refractivity contribution >= 4 is 11.9 Å². The first-order valence-electron chi connectivity index (χ1n) is 9.19. The third-order valence-corrected chi connectivity index (χ3v) is 5.38. The van der Waals surface area contributed by atoms with E-state index in [1.807, 2.05) is 16.5 Å². The maximum absolute atomic E-state index is 12.9. The Balaban J connectivity index is 1.66. The first-order chi connectivity index (χ1) is 12.1. The summed E-state index contributed by atoms with van der Waals surface area (Å²) in [5, 5.41) is 13.3. The number of hydrogen-bond donors (Lipinski definition) is 1. The topological polar surface area (TPSA) is 84.7 Å². The maximum atomic E-state index is 12.9. The fourth-order valence-electron chi connectivity index (χ4n) is 3.91. The molecule has 7 nitrogen and oxygen atoms in total. The number of piperidine rings is 1. The lowest BCUT2D eigenvalue weighted by Crippen LogP contribution is -2.40. The van der Waals surface area contributed by atoms with Crippen molar-refractivity contribution in [2.75, 3.05) is 26.3 Å². The fraction of sp³-hybridized carbons (Fsp3) is 0.722. The van der Waals surface area contributed by atoms with Crippen LogP contribution in [0, 0.1) is 12.8 Å². The van der Waals surface area contributed by atoms with Crippen molar-refractivity contribution in [1.82, 2.24) is 14.7 Å². The third kappa shape index (κ3) is 4.21. The molecule has 3 rings (SSSR count). The van der Waals surface area contributed by atoms with Gasteiger partial charge in [0.2, 0.25) is 0 Å². The van der Waals surface area contributed by atoms with Gasteiger partial charge in [0.25, 0.3) is 5.91 Å². The third-order valence-electron chi connectivity index (χ3n) is 5.38. The molecule has 1 atom stereocenters. The predicted octanol–water partition coefficient (Wildman–Crippen LogP) is 2.26. The zero-order chi connectivity index (χ0) is 17.8. The molecule has 3 heterocycles. The minimum atomic E-state index is -0.767. The van der Waals surface area contributed by atoms with Gasteiger partial charge in [0.05, 0.1) is 17.8 Å². The van der Waals surface area contributed by atoms with Gasteiger partial charge >= 0.3 is 5.97 Å². The highest BCUT2D eigenvalue weighted by Crippen LogP contribution is 2.26. The number of hydrogen-bond acceptors (Lipinski definition) is 4. The highest BCUT2D eigenvalue weighted by Gasteiger charge is 2.28. The summed E-state index contributed by atoms with van der Waals surface area (Å²) in [7, 11) is 0. The van der Waals surface area contributed by atoms with Crippen LogP contribution >= 0.6 is 0 Å². The van der Waals surface area contributed by atoms with Crippen LogP contribution in [0.2, 0.25) is 0 Å². The quantitative estimate of drug-likeness (QED) is 0.881. The van der Waals surface area contributed by atoms with Crippen LogP contribution in [0.4, 0.5) is 0 Å². The van der Waals surface area contributed by atoms with Gasteiger partial charge in [0.15, 0.2) is 0 Å². The number of amides is 1. The Morgan fingerprint density at radius 1 is 1.32 bits per heavy atom. The van der Waals surface area contributed by atoms with Crippen molar-refractivity contribution in [3.8, 4) is 0 Å². The minimum Gasteiger partial charge on any atom is -0.481 e. The van der Waals surface area contributed by atoms with E-state index in [2.05, 4.69) is 5.10 Å². The molecule has 0 bridgehead atoms. The monoisotopic (exact) mass is 349 g/mol. The van der Waals surface area contributed by atoms with E-state index in [1.54, 1.807) is 6.20 Å². The van der Waals surface area contributed by atoms with Crippen LogP contribution in [-0.2, 0) is 9.53 Å². The Labute approximate surface area is 147 Å². The molecule has 0 aromatic carbocycles. The van der Waals surface area contributed by atoms with Gasteiger partial charge in [0, 0.05) is 38.4 Å². The zero-order valence-electron chi connectivity index (χ0n) is 14.8. The van der Waals surface area contributed by atoms with Crippen LogP contribution in [0.15, 0.2) is 6.20 Å². The molecular weight excluding hydrogens is 322 g/mol. The molecule has 1 N–H and O–H groups in total. The molecule has 2 saturated heterocycles. The van der Waals surface area contributed by atoms with Crippen molar-refractivity contribution in [1.29, 1.82) is 0 Å². The average molecular weight is 349 g/mol. The summed E-state index contributed by atoms with van der Waals surface area (Å²) >= 11 is 0. The summed E-state index contributed by atoms with van der Waals surface area (Å²) in [5.74, 6) is -0.465. The lowest BCUT2D eigenvalue weighted by Gasteiger charge is -2.32. The molecule has 1 amide bonds. The summed E-state index contributed by atoms with van der Waals surface area (Å²) in [5.41, 5.74) is 1.59. The Hall–Kier alpha value is -1.89. The number of aromatic nitrogens is 2. The summed E-state index contributed by atoms with van der Waals surface area (Å²) in [6, 6.07) is 0.306. The Bertz CT molecular complexity index is 622. The molecule has 2 fully saturated rings. The number of carboxylic acids is 1. The van der Waals surface area contributed by atoms with Gasteiger partial charge in [0.1, 0.15) is 0 Å². The number of ether oxygens (including phenoxy) is 1. The van der Waals surface area contributed by atoms with Crippen molar-refractivity contribution in [2.24, 2.45) is 5.92 Å². The highest BCUT2D eigenvalue weighted by atomic mass is 16.5. The van der Waals surface area contributed by atoms with E-state index < -0.39 is 5.97 Å². The van der Waals surface area contributed by atoms with Crippen LogP contribution in [0.3, 0.4) is 0 Å². The van der Waals surface area contributed by atoms with Gasteiger partial charge in [-0.25, -0.2) is 0 Å². The Morgan fingerprint density at radius 3 is 2.80 bits per heavy atom. The average Bonchev–Trinajstić information content (AvgIpc) is 3.02. The Kier molecular flexibility index (Phi) is 5.73. The van der Waals surface area contributed by atoms with Gasteiger partial charge in [-0.15, -0.1) is 0 Å². The fourth-order valence-corrected chi connectivity index (χ4v) is 3.91. The molecule has 1 aromatic rings. The molecule has 25 heavy (non-hydrogen) atoms. The smallest absolute Gasteiger partial charge is 0.303 e. The molecule has 2 aliphatic rings. The van der Waals surface area contributed by atoms with Gasteiger partial charge in [-0.05, 0) is 44.9 Å². The van der Waals surface area contributed by atoms with E-state index >= 15 is 0 Å². The number of carbonyl (C=O) groups is 2. The summed E-state index contributed by atoms with van der Waals surface area (Å²) in [4.78, 5) is 25.6. The SMILES string of the molecule is Cc1c(C(=O)N2CCCC(CCC(=O)O)C2)cnn1C1CCOCC1. The molecule has 0 saturated carbocycles. The molecule has 1 unspecified atom stereocenters. The lowest BCUT2D eigenvalue weighted by molar-refractivity contribution is -0.137. The van der Waals surface area contributed by atoms with E-state index in [1.165, 1.54) is 0 Å². The molecule has 0 spiro atoms. The molecule has 1 aromatic heterocycles. The highest BCUT2D eigenvalue weighted by molar-refractivity contribution is 5.95. The largest absolute Gasteiger partial charge is 0.481 e. The van der Waals surface area contributed by atoms with Crippen LogP contribution in [0.25, 0.3) is 0 Å². The number of rotatable bonds is 5. The number of carbonyl (C=O) groups excluding carboxylic acids is 1. The standard InChI is InChI=1S/C18H27N3O4/c1-13-16(11-19-21(13)15-6-9-25-10-7-15)18(24)20-8-2-3-14(12-20)4-5-17(22)23/h11,14-15H,2-10,12H2,1H3,(H,22,23). The van der Waals surface area contributed by atoms with E-state index in [-0.39, 0.29) is 18.2 Å². The van der Waals surface area contributed by atoms with E-state index in [9.17, 15) is 9.59 Å². The van der Waals surface area contributed by atoms with E-state index in [0.717, 1.165) is 51.1 Å². The van der Waals surface area contributed by atoms with Gasteiger partial charge in [-0.1, -0.05) is 0 Å². The van der Waals surface area contributed by atoms with Crippen LogP contribution < -0.4 is 0 Å². The second-order valence-electron chi connectivity index (χ2n) is 7.12. The first kappa shape index (κ1) is 17.9. The van der Waals surface area contributed by atoms with E-state index in [0.29, 0.717) is 24.6 Å². The van der Waals surface area contributed by atoms with Gasteiger partial charge in [-0.3, -0.25) is 14.3 Å². The molecule has 0 radical (unpaired) electrons. The second-order valence-corrected chi connectivity index (χ2v) is 7.12. The van der Waals surface area contributed by atoms with Crippen molar-refractivity contribution in [2.45, 2.75) is 51.5 Å². The molecular formula is C18H27N3O4. The normalized spacial score (nSPS) is 22.1.